The third-order valence-corrected chi connectivity index (χ3v) is 3.31. The minimum absolute atomic E-state index is 0.125. The maximum Gasteiger partial charge on any atom is 0.416 e. The summed E-state index contributed by atoms with van der Waals surface area (Å²) in [5.74, 6) is 0.530. The lowest BCUT2D eigenvalue weighted by atomic mass is 10.1. The van der Waals surface area contributed by atoms with Crippen molar-refractivity contribution in [3.63, 3.8) is 0 Å². The van der Waals surface area contributed by atoms with Gasteiger partial charge in [-0.1, -0.05) is 13.8 Å². The smallest absolute Gasteiger partial charge is 0.416 e. The molecule has 0 bridgehead atoms. The Hall–Kier alpha value is -3.09. The van der Waals surface area contributed by atoms with E-state index in [1.165, 1.54) is 36.7 Å². The Bertz CT molecular complexity index is 832. The van der Waals surface area contributed by atoms with Crippen molar-refractivity contribution in [1.82, 2.24) is 9.97 Å². The van der Waals surface area contributed by atoms with Crippen molar-refractivity contribution in [1.29, 1.82) is 0 Å². The monoisotopic (exact) mass is 361 g/mol. The first kappa shape index (κ1) is 19.2. The number of phenols is 1. The zero-order valence-corrected chi connectivity index (χ0v) is 14.2. The molecule has 0 spiro atoms. The van der Waals surface area contributed by atoms with Gasteiger partial charge in [0.15, 0.2) is 5.82 Å². The molecule has 1 aromatic heterocycles. The Kier molecular flexibility index (Phi) is 6.16. The quantitative estimate of drug-likeness (QED) is 0.634. The van der Waals surface area contributed by atoms with Crippen LogP contribution in [0.1, 0.15) is 19.4 Å². The average Bonchev–Trinajstić information content (AvgIpc) is 2.64. The van der Waals surface area contributed by atoms with E-state index in [0.717, 1.165) is 17.7 Å². The zero-order chi connectivity index (χ0) is 19.2. The third kappa shape index (κ3) is 4.72. The Balaban J connectivity index is 0.00000117. The molecule has 2 aromatic carbocycles. The van der Waals surface area contributed by atoms with Crippen LogP contribution in [0.5, 0.6) is 5.75 Å². The number of hydrogen-bond acceptors (Lipinski definition) is 4. The van der Waals surface area contributed by atoms with Gasteiger partial charge in [0, 0.05) is 23.6 Å². The third-order valence-electron chi connectivity index (χ3n) is 3.31. The summed E-state index contributed by atoms with van der Waals surface area (Å²) in [6, 6.07) is 11.1. The maximum absolute atomic E-state index is 12.6. The molecule has 0 aliphatic heterocycles. The molecule has 0 radical (unpaired) electrons. The fourth-order valence-corrected chi connectivity index (χ4v) is 2.14. The second-order valence-electron chi connectivity index (χ2n) is 5.00. The van der Waals surface area contributed by atoms with Gasteiger partial charge < -0.3 is 10.4 Å². The fourth-order valence-electron chi connectivity index (χ4n) is 2.14. The summed E-state index contributed by atoms with van der Waals surface area (Å²) in [5, 5.41) is 12.3. The Morgan fingerprint density at radius 1 is 0.846 bits per heavy atom. The van der Waals surface area contributed by atoms with E-state index in [2.05, 4.69) is 15.3 Å². The molecule has 7 heteroatoms. The molecule has 3 aromatic rings. The Labute approximate surface area is 149 Å². The van der Waals surface area contributed by atoms with Crippen LogP contribution in [0.15, 0.2) is 60.9 Å². The Morgan fingerprint density at radius 2 is 1.42 bits per heavy atom. The number of aromatic hydroxyl groups is 1. The van der Waals surface area contributed by atoms with Crippen LogP contribution in [0.4, 0.5) is 24.7 Å². The van der Waals surface area contributed by atoms with Crippen molar-refractivity contribution in [2.75, 3.05) is 5.32 Å². The van der Waals surface area contributed by atoms with Crippen LogP contribution in [-0.4, -0.2) is 15.1 Å². The molecule has 1 heterocycles. The van der Waals surface area contributed by atoms with Crippen LogP contribution in [0.25, 0.3) is 11.3 Å². The highest BCUT2D eigenvalue weighted by molar-refractivity contribution is 5.75. The minimum Gasteiger partial charge on any atom is -0.508 e. The Morgan fingerprint density at radius 3 is 2.00 bits per heavy atom. The van der Waals surface area contributed by atoms with Gasteiger partial charge in [-0.2, -0.15) is 13.2 Å². The van der Waals surface area contributed by atoms with Gasteiger partial charge in [0.05, 0.1) is 5.56 Å². The number of phenolic OH excluding ortho intramolecular Hbond substituents is 1. The highest BCUT2D eigenvalue weighted by atomic mass is 19.4. The molecule has 0 saturated heterocycles. The fraction of sp³-hybridized carbons (Fsp3) is 0.158. The van der Waals surface area contributed by atoms with Crippen molar-refractivity contribution >= 4 is 11.5 Å². The molecule has 0 saturated carbocycles. The van der Waals surface area contributed by atoms with Crippen LogP contribution in [0.2, 0.25) is 0 Å². The first-order valence-electron chi connectivity index (χ1n) is 7.98. The summed E-state index contributed by atoms with van der Waals surface area (Å²) in [6.07, 6.45) is -1.38. The number of halogens is 3. The highest BCUT2D eigenvalue weighted by Gasteiger charge is 2.29. The molecular formula is C19H18F3N3O. The number of alkyl halides is 3. The van der Waals surface area contributed by atoms with Crippen LogP contribution >= 0.6 is 0 Å². The average molecular weight is 361 g/mol. The second-order valence-corrected chi connectivity index (χ2v) is 5.00. The van der Waals surface area contributed by atoms with Gasteiger partial charge in [0.2, 0.25) is 0 Å². The summed E-state index contributed by atoms with van der Waals surface area (Å²) in [5.41, 5.74) is 0.988. The topological polar surface area (TPSA) is 58.0 Å². The molecule has 26 heavy (non-hydrogen) atoms. The molecule has 136 valence electrons. The number of nitrogens with zero attached hydrogens (tertiary/aromatic N) is 2. The van der Waals surface area contributed by atoms with Gasteiger partial charge in [0.25, 0.3) is 0 Å². The molecule has 0 aliphatic carbocycles. The largest absolute Gasteiger partial charge is 0.508 e. The first-order valence-corrected chi connectivity index (χ1v) is 7.98. The van der Waals surface area contributed by atoms with Crippen molar-refractivity contribution in [3.05, 3.63) is 66.5 Å². The predicted octanol–water partition coefficient (Wildman–Crippen LogP) is 5.64. The van der Waals surface area contributed by atoms with Crippen molar-refractivity contribution in [3.8, 4) is 17.0 Å². The van der Waals surface area contributed by atoms with E-state index in [1.54, 1.807) is 12.1 Å². The van der Waals surface area contributed by atoms with E-state index >= 15 is 0 Å². The summed E-state index contributed by atoms with van der Waals surface area (Å²) >= 11 is 0. The molecule has 2 N–H and O–H groups in total. The number of aromatic nitrogens is 2. The second kappa shape index (κ2) is 8.33. The van der Waals surface area contributed by atoms with Gasteiger partial charge in [-0.05, 0) is 48.5 Å². The van der Waals surface area contributed by atoms with E-state index in [0.29, 0.717) is 17.2 Å². The van der Waals surface area contributed by atoms with Crippen LogP contribution < -0.4 is 5.32 Å². The van der Waals surface area contributed by atoms with Crippen molar-refractivity contribution in [2.45, 2.75) is 20.0 Å². The van der Waals surface area contributed by atoms with E-state index in [1.807, 2.05) is 13.8 Å². The van der Waals surface area contributed by atoms with E-state index in [-0.39, 0.29) is 5.75 Å². The van der Waals surface area contributed by atoms with Crippen LogP contribution in [0, 0.1) is 0 Å². The lowest BCUT2D eigenvalue weighted by Crippen LogP contribution is -2.04. The number of rotatable bonds is 3. The molecule has 0 atom stereocenters. The van der Waals surface area contributed by atoms with Gasteiger partial charge >= 0.3 is 6.18 Å². The lowest BCUT2D eigenvalue weighted by molar-refractivity contribution is -0.137. The van der Waals surface area contributed by atoms with E-state index < -0.39 is 11.7 Å². The van der Waals surface area contributed by atoms with E-state index in [9.17, 15) is 18.3 Å². The predicted molar refractivity (Wildman–Crippen MR) is 95.2 cm³/mol. The first-order chi connectivity index (χ1) is 12.4. The summed E-state index contributed by atoms with van der Waals surface area (Å²) in [7, 11) is 0. The van der Waals surface area contributed by atoms with Gasteiger partial charge in [-0.25, -0.2) is 4.98 Å². The minimum atomic E-state index is -4.37. The van der Waals surface area contributed by atoms with Crippen LogP contribution in [-0.2, 0) is 6.18 Å². The van der Waals surface area contributed by atoms with Crippen molar-refractivity contribution in [2.24, 2.45) is 0 Å². The molecular weight excluding hydrogens is 343 g/mol. The number of anilines is 2. The molecule has 0 amide bonds. The maximum atomic E-state index is 12.6. The van der Waals surface area contributed by atoms with Gasteiger partial charge in [-0.15, -0.1) is 0 Å². The number of nitrogens with one attached hydrogen (secondary N) is 1. The number of benzene rings is 2. The SMILES string of the molecule is CC.Oc1ccc(-c2nccnc2Nc2ccc(C(F)(F)F)cc2)cc1. The summed E-state index contributed by atoms with van der Waals surface area (Å²) in [6.45, 7) is 4.00. The van der Waals surface area contributed by atoms with Gasteiger partial charge in [0.1, 0.15) is 11.4 Å². The van der Waals surface area contributed by atoms with Gasteiger partial charge in [-0.3, -0.25) is 4.98 Å². The normalized spacial score (nSPS) is 10.7. The lowest BCUT2D eigenvalue weighted by Gasteiger charge is -2.11. The zero-order valence-electron chi connectivity index (χ0n) is 14.2. The highest BCUT2D eigenvalue weighted by Crippen LogP contribution is 2.31. The van der Waals surface area contributed by atoms with E-state index in [4.69, 9.17) is 0 Å². The summed E-state index contributed by atoms with van der Waals surface area (Å²) in [4.78, 5) is 8.43. The molecule has 3 rings (SSSR count). The van der Waals surface area contributed by atoms with Crippen molar-refractivity contribution < 1.29 is 18.3 Å². The standard InChI is InChI=1S/C17H12F3N3O.C2H6/c18-17(19,20)12-3-5-13(6-4-12)23-16-15(21-9-10-22-16)11-1-7-14(24)8-2-11;1-2/h1-10,24H,(H,22,23);1-2H3. The van der Waals surface area contributed by atoms with Crippen LogP contribution in [0.3, 0.4) is 0 Å². The number of hydrogen-bond donors (Lipinski definition) is 2. The summed E-state index contributed by atoms with van der Waals surface area (Å²) < 4.78 is 37.8. The molecule has 0 unspecified atom stereocenters. The molecule has 0 fully saturated rings. The molecule has 4 nitrogen and oxygen atoms in total. The molecule has 0 aliphatic rings.